The molecule has 0 radical (unpaired) electrons. The number of carbonyl (C=O) groups excluding carboxylic acids is 3. The number of hydrogen-bond acceptors (Lipinski definition) is 3. The fourth-order valence-electron chi connectivity index (χ4n) is 1.37. The second-order valence-corrected chi connectivity index (χ2v) is 3.14. The largest absolute Gasteiger partial charge is 0.369 e. The number of nitrogens with two attached hydrogens (primary N) is 1. The summed E-state index contributed by atoms with van der Waals surface area (Å²) in [5.41, 5.74) is 5.02. The Morgan fingerprint density at radius 3 is 2.62 bits per heavy atom. The van der Waals surface area contributed by atoms with Crippen LogP contribution in [0.25, 0.3) is 0 Å². The SMILES string of the molecule is CC(=O)N1CCC(=O)[C@@H](C(N)=O)C1. The molecule has 1 fully saturated rings. The molecule has 0 aromatic rings. The van der Waals surface area contributed by atoms with Crippen molar-refractivity contribution < 1.29 is 14.4 Å². The molecule has 0 aromatic carbocycles. The molecular weight excluding hydrogens is 172 g/mol. The van der Waals surface area contributed by atoms with Crippen LogP contribution in [0, 0.1) is 5.92 Å². The predicted molar refractivity (Wildman–Crippen MR) is 44.6 cm³/mol. The molecular formula is C8H12N2O3. The highest BCUT2D eigenvalue weighted by Crippen LogP contribution is 2.12. The molecule has 0 spiro atoms. The Balaban J connectivity index is 2.68. The highest BCUT2D eigenvalue weighted by Gasteiger charge is 2.32. The molecule has 72 valence electrons. The van der Waals surface area contributed by atoms with Gasteiger partial charge in [-0.15, -0.1) is 0 Å². The number of nitrogens with zero attached hydrogens (tertiary/aromatic N) is 1. The van der Waals surface area contributed by atoms with Gasteiger partial charge in [0.25, 0.3) is 0 Å². The van der Waals surface area contributed by atoms with E-state index < -0.39 is 11.8 Å². The molecule has 0 aromatic heterocycles. The molecule has 1 heterocycles. The van der Waals surface area contributed by atoms with E-state index in [2.05, 4.69) is 0 Å². The van der Waals surface area contributed by atoms with Gasteiger partial charge in [0.2, 0.25) is 11.8 Å². The molecule has 0 saturated carbocycles. The van der Waals surface area contributed by atoms with Gasteiger partial charge < -0.3 is 10.6 Å². The molecule has 1 atom stereocenters. The lowest BCUT2D eigenvalue weighted by molar-refractivity contribution is -0.139. The van der Waals surface area contributed by atoms with E-state index in [1.807, 2.05) is 0 Å². The first kappa shape index (κ1) is 9.70. The summed E-state index contributed by atoms with van der Waals surface area (Å²) in [5.74, 6) is -1.74. The van der Waals surface area contributed by atoms with E-state index in [4.69, 9.17) is 5.73 Å². The number of ketones is 1. The van der Waals surface area contributed by atoms with Crippen molar-refractivity contribution in [3.8, 4) is 0 Å². The summed E-state index contributed by atoms with van der Waals surface area (Å²) in [5, 5.41) is 0. The van der Waals surface area contributed by atoms with Gasteiger partial charge in [-0.25, -0.2) is 0 Å². The average Bonchev–Trinajstić information content (AvgIpc) is 2.04. The van der Waals surface area contributed by atoms with Gasteiger partial charge in [0.05, 0.1) is 0 Å². The Hall–Kier alpha value is -1.39. The summed E-state index contributed by atoms with van der Waals surface area (Å²) in [7, 11) is 0. The lowest BCUT2D eigenvalue weighted by atomic mass is 9.96. The Labute approximate surface area is 75.9 Å². The number of carbonyl (C=O) groups is 3. The molecule has 2 amide bonds. The van der Waals surface area contributed by atoms with Gasteiger partial charge in [-0.3, -0.25) is 14.4 Å². The second kappa shape index (κ2) is 3.55. The van der Waals surface area contributed by atoms with Gasteiger partial charge in [-0.2, -0.15) is 0 Å². The lowest BCUT2D eigenvalue weighted by Gasteiger charge is -2.29. The topological polar surface area (TPSA) is 80.5 Å². The van der Waals surface area contributed by atoms with E-state index in [-0.39, 0.29) is 24.7 Å². The van der Waals surface area contributed by atoms with Crippen LogP contribution in [0.4, 0.5) is 0 Å². The fourth-order valence-corrected chi connectivity index (χ4v) is 1.37. The van der Waals surface area contributed by atoms with Crippen LogP contribution in [0.1, 0.15) is 13.3 Å². The minimum Gasteiger partial charge on any atom is -0.369 e. The van der Waals surface area contributed by atoms with Gasteiger partial charge >= 0.3 is 0 Å². The minimum atomic E-state index is -0.808. The van der Waals surface area contributed by atoms with Crippen LogP contribution < -0.4 is 5.73 Å². The Morgan fingerprint density at radius 2 is 2.15 bits per heavy atom. The van der Waals surface area contributed by atoms with Gasteiger partial charge in [0.1, 0.15) is 11.7 Å². The van der Waals surface area contributed by atoms with Crippen LogP contribution in [0.5, 0.6) is 0 Å². The van der Waals surface area contributed by atoms with Crippen LogP contribution in [-0.4, -0.2) is 35.6 Å². The first-order valence-electron chi connectivity index (χ1n) is 4.10. The van der Waals surface area contributed by atoms with Crippen molar-refractivity contribution in [2.45, 2.75) is 13.3 Å². The maximum atomic E-state index is 11.2. The first-order valence-corrected chi connectivity index (χ1v) is 4.10. The molecule has 1 rings (SSSR count). The third kappa shape index (κ3) is 2.05. The molecule has 1 saturated heterocycles. The summed E-state index contributed by atoms with van der Waals surface area (Å²) < 4.78 is 0. The van der Waals surface area contributed by atoms with Gasteiger partial charge in [0.15, 0.2) is 0 Å². The van der Waals surface area contributed by atoms with Crippen molar-refractivity contribution in [1.82, 2.24) is 4.90 Å². The molecule has 2 N–H and O–H groups in total. The van der Waals surface area contributed by atoms with E-state index in [1.165, 1.54) is 11.8 Å². The quantitative estimate of drug-likeness (QED) is 0.526. The maximum Gasteiger partial charge on any atom is 0.229 e. The zero-order chi connectivity index (χ0) is 10.0. The smallest absolute Gasteiger partial charge is 0.229 e. The van der Waals surface area contributed by atoms with Crippen LogP contribution in [0.3, 0.4) is 0 Å². The molecule has 1 aliphatic rings. The van der Waals surface area contributed by atoms with Gasteiger partial charge in [0, 0.05) is 26.4 Å². The van der Waals surface area contributed by atoms with Gasteiger partial charge in [-0.05, 0) is 0 Å². The second-order valence-electron chi connectivity index (χ2n) is 3.14. The van der Waals surface area contributed by atoms with Crippen LogP contribution in [0.2, 0.25) is 0 Å². The first-order chi connectivity index (χ1) is 6.02. The van der Waals surface area contributed by atoms with E-state index in [0.29, 0.717) is 6.54 Å². The molecule has 0 aliphatic carbocycles. The molecule has 13 heavy (non-hydrogen) atoms. The van der Waals surface area contributed by atoms with Crippen molar-refractivity contribution in [2.75, 3.05) is 13.1 Å². The Kier molecular flexibility index (Phi) is 2.65. The van der Waals surface area contributed by atoms with Gasteiger partial charge in [-0.1, -0.05) is 0 Å². The fraction of sp³-hybridized carbons (Fsp3) is 0.625. The van der Waals surface area contributed by atoms with Crippen LogP contribution >= 0.6 is 0 Å². The van der Waals surface area contributed by atoms with E-state index >= 15 is 0 Å². The number of piperidine rings is 1. The number of amides is 2. The van der Waals surface area contributed by atoms with Crippen molar-refractivity contribution in [3.63, 3.8) is 0 Å². The third-order valence-electron chi connectivity index (χ3n) is 2.21. The molecule has 0 unspecified atom stereocenters. The average molecular weight is 184 g/mol. The Morgan fingerprint density at radius 1 is 1.54 bits per heavy atom. The van der Waals surface area contributed by atoms with Crippen molar-refractivity contribution in [3.05, 3.63) is 0 Å². The highest BCUT2D eigenvalue weighted by molar-refractivity contribution is 6.02. The molecule has 5 nitrogen and oxygen atoms in total. The summed E-state index contributed by atoms with van der Waals surface area (Å²) in [4.78, 5) is 34.4. The van der Waals surface area contributed by atoms with Crippen molar-refractivity contribution in [1.29, 1.82) is 0 Å². The third-order valence-corrected chi connectivity index (χ3v) is 2.21. The predicted octanol–water partition coefficient (Wildman–Crippen LogP) is -1.09. The number of hydrogen-bond donors (Lipinski definition) is 1. The lowest BCUT2D eigenvalue weighted by Crippen LogP contribution is -2.48. The van der Waals surface area contributed by atoms with Crippen molar-refractivity contribution in [2.24, 2.45) is 11.7 Å². The zero-order valence-corrected chi connectivity index (χ0v) is 7.45. The normalized spacial score (nSPS) is 23.0. The minimum absolute atomic E-state index is 0.126. The van der Waals surface area contributed by atoms with Crippen LogP contribution in [0.15, 0.2) is 0 Å². The monoisotopic (exact) mass is 184 g/mol. The summed E-state index contributed by atoms with van der Waals surface area (Å²) in [6.07, 6.45) is 0.229. The number of Topliss-reactive ketones (excluding diaryl/α,β-unsaturated/α-hetero) is 1. The number of likely N-dealkylation sites (tertiary alicyclic amines) is 1. The molecule has 1 aliphatic heterocycles. The van der Waals surface area contributed by atoms with E-state index in [9.17, 15) is 14.4 Å². The number of primary amides is 1. The standard InChI is InChI=1S/C8H12N2O3/c1-5(11)10-3-2-7(12)6(4-10)8(9)13/h6H,2-4H2,1H3,(H2,9,13)/t6-/m0/s1. The number of rotatable bonds is 1. The zero-order valence-electron chi connectivity index (χ0n) is 7.45. The van der Waals surface area contributed by atoms with Crippen molar-refractivity contribution >= 4 is 17.6 Å². The van der Waals surface area contributed by atoms with E-state index in [0.717, 1.165) is 0 Å². The highest BCUT2D eigenvalue weighted by atomic mass is 16.2. The van der Waals surface area contributed by atoms with E-state index in [1.54, 1.807) is 0 Å². The summed E-state index contributed by atoms with van der Waals surface area (Å²) >= 11 is 0. The molecule has 5 heteroatoms. The van der Waals surface area contributed by atoms with Crippen LogP contribution in [-0.2, 0) is 14.4 Å². The summed E-state index contributed by atoms with van der Waals surface area (Å²) in [6.45, 7) is 1.95. The maximum absolute atomic E-state index is 11.2. The molecule has 0 bridgehead atoms. The Bertz CT molecular complexity index is 262. The summed E-state index contributed by atoms with van der Waals surface area (Å²) in [6, 6.07) is 0.